The van der Waals surface area contributed by atoms with E-state index in [1.807, 2.05) is 4.90 Å². The average Bonchev–Trinajstić information content (AvgIpc) is 3.17. The predicted molar refractivity (Wildman–Crippen MR) is 93.5 cm³/mol. The third-order valence-electron chi connectivity index (χ3n) is 4.29. The van der Waals surface area contributed by atoms with Crippen molar-refractivity contribution < 1.29 is 4.79 Å². The summed E-state index contributed by atoms with van der Waals surface area (Å²) < 4.78 is 3.24. The normalized spacial score (nSPS) is 17.3. The number of hydrogen-bond donors (Lipinski definition) is 2. The SMILES string of the molecule is Cn1c(N2CC[C@@H](NC(=O)c3c[nH]cc3Br)C2)cc(=O)n(C)c1=O. The number of H-pyrrole nitrogens is 1. The summed E-state index contributed by atoms with van der Waals surface area (Å²) in [7, 11) is 3.09. The fraction of sp³-hybridized carbons (Fsp3) is 0.400. The molecule has 0 bridgehead atoms. The number of aromatic nitrogens is 3. The van der Waals surface area contributed by atoms with Crippen LogP contribution in [0.3, 0.4) is 0 Å². The van der Waals surface area contributed by atoms with Crippen LogP contribution in [0, 0.1) is 0 Å². The van der Waals surface area contributed by atoms with Gasteiger partial charge in [-0.2, -0.15) is 0 Å². The number of aromatic amines is 1. The van der Waals surface area contributed by atoms with Gasteiger partial charge in [0.15, 0.2) is 0 Å². The van der Waals surface area contributed by atoms with E-state index >= 15 is 0 Å². The van der Waals surface area contributed by atoms with E-state index in [2.05, 4.69) is 26.2 Å². The average molecular weight is 396 g/mol. The molecule has 1 atom stereocenters. The van der Waals surface area contributed by atoms with Gasteiger partial charge in [0.2, 0.25) is 0 Å². The number of amides is 1. The second-order valence-corrected chi connectivity index (χ2v) is 6.72. The van der Waals surface area contributed by atoms with Gasteiger partial charge in [0.25, 0.3) is 11.5 Å². The molecule has 1 amide bonds. The molecule has 8 nitrogen and oxygen atoms in total. The molecule has 0 saturated carbocycles. The Hall–Kier alpha value is -2.29. The Morgan fingerprint density at radius 2 is 2.04 bits per heavy atom. The van der Waals surface area contributed by atoms with E-state index in [0.717, 1.165) is 11.0 Å². The zero-order valence-corrected chi connectivity index (χ0v) is 15.0. The summed E-state index contributed by atoms with van der Waals surface area (Å²) in [5, 5.41) is 2.98. The Morgan fingerprint density at radius 1 is 1.29 bits per heavy atom. The molecule has 2 aromatic heterocycles. The van der Waals surface area contributed by atoms with Crippen molar-refractivity contribution >= 4 is 27.7 Å². The standard InChI is InChI=1S/C15H18BrN5O3/c1-19-12(5-13(22)20(2)15(19)24)21-4-3-9(8-21)18-14(23)10-6-17-7-11(10)16/h5-7,9,17H,3-4,8H2,1-2H3,(H,18,23)/t9-/m1/s1. The number of rotatable bonds is 3. The van der Waals surface area contributed by atoms with E-state index in [0.29, 0.717) is 28.9 Å². The lowest BCUT2D eigenvalue weighted by Gasteiger charge is -2.21. The van der Waals surface area contributed by atoms with Crippen LogP contribution in [0.4, 0.5) is 5.82 Å². The fourth-order valence-corrected chi connectivity index (χ4v) is 3.32. The summed E-state index contributed by atoms with van der Waals surface area (Å²) in [6.45, 7) is 1.22. The van der Waals surface area contributed by atoms with Crippen LogP contribution in [0.5, 0.6) is 0 Å². The third kappa shape index (κ3) is 2.91. The molecule has 1 aliphatic heterocycles. The summed E-state index contributed by atoms with van der Waals surface area (Å²) in [6.07, 6.45) is 4.08. The first-order chi connectivity index (χ1) is 11.4. The first-order valence-electron chi connectivity index (χ1n) is 7.53. The quantitative estimate of drug-likeness (QED) is 0.775. The Kier molecular flexibility index (Phi) is 4.35. The van der Waals surface area contributed by atoms with Crippen molar-refractivity contribution in [3.8, 4) is 0 Å². The molecule has 9 heteroatoms. The highest BCUT2D eigenvalue weighted by Crippen LogP contribution is 2.19. The van der Waals surface area contributed by atoms with Gasteiger partial charge in [-0.1, -0.05) is 0 Å². The lowest BCUT2D eigenvalue weighted by atomic mass is 10.2. The number of nitrogens with zero attached hydrogens (tertiary/aromatic N) is 3. The minimum atomic E-state index is -0.360. The molecule has 0 aromatic carbocycles. The van der Waals surface area contributed by atoms with E-state index in [4.69, 9.17) is 0 Å². The van der Waals surface area contributed by atoms with Gasteiger partial charge in [-0.05, 0) is 22.4 Å². The second kappa shape index (κ2) is 6.31. The van der Waals surface area contributed by atoms with Crippen LogP contribution >= 0.6 is 15.9 Å². The van der Waals surface area contributed by atoms with E-state index in [1.165, 1.54) is 17.7 Å². The second-order valence-electron chi connectivity index (χ2n) is 5.86. The highest BCUT2D eigenvalue weighted by Gasteiger charge is 2.27. The van der Waals surface area contributed by atoms with Gasteiger partial charge in [-0.3, -0.25) is 18.7 Å². The topological polar surface area (TPSA) is 92.1 Å². The van der Waals surface area contributed by atoms with Crippen molar-refractivity contribution in [1.82, 2.24) is 19.4 Å². The van der Waals surface area contributed by atoms with Gasteiger partial charge in [0.05, 0.1) is 5.56 Å². The van der Waals surface area contributed by atoms with Gasteiger partial charge in [0, 0.05) is 56.2 Å². The molecule has 128 valence electrons. The lowest BCUT2D eigenvalue weighted by Crippen LogP contribution is -2.41. The van der Waals surface area contributed by atoms with Crippen LogP contribution in [0.2, 0.25) is 0 Å². The highest BCUT2D eigenvalue weighted by molar-refractivity contribution is 9.10. The Balaban J connectivity index is 1.75. The molecule has 1 aliphatic rings. The maximum atomic E-state index is 12.3. The van der Waals surface area contributed by atoms with Crippen LogP contribution in [-0.2, 0) is 14.1 Å². The predicted octanol–water partition coefficient (Wildman–Crippen LogP) is 0.183. The first-order valence-corrected chi connectivity index (χ1v) is 8.33. The van der Waals surface area contributed by atoms with Crippen LogP contribution in [0.25, 0.3) is 0 Å². The maximum Gasteiger partial charge on any atom is 0.332 e. The molecule has 0 unspecified atom stereocenters. The molecular weight excluding hydrogens is 378 g/mol. The summed E-state index contributed by atoms with van der Waals surface area (Å²) >= 11 is 3.32. The van der Waals surface area contributed by atoms with Gasteiger partial charge in [-0.25, -0.2) is 4.79 Å². The van der Waals surface area contributed by atoms with Gasteiger partial charge in [-0.15, -0.1) is 0 Å². The minimum absolute atomic E-state index is 0.0431. The minimum Gasteiger partial charge on any atom is -0.366 e. The number of halogens is 1. The molecule has 2 N–H and O–H groups in total. The highest BCUT2D eigenvalue weighted by atomic mass is 79.9. The lowest BCUT2D eigenvalue weighted by molar-refractivity contribution is 0.0940. The molecule has 0 aliphatic carbocycles. The van der Waals surface area contributed by atoms with E-state index in [-0.39, 0.29) is 23.2 Å². The summed E-state index contributed by atoms with van der Waals surface area (Å²) in [5.74, 6) is 0.413. The monoisotopic (exact) mass is 395 g/mol. The van der Waals surface area contributed by atoms with Crippen molar-refractivity contribution in [1.29, 1.82) is 0 Å². The van der Waals surface area contributed by atoms with Crippen molar-refractivity contribution in [2.24, 2.45) is 14.1 Å². The van der Waals surface area contributed by atoms with E-state index in [1.54, 1.807) is 19.4 Å². The molecule has 3 heterocycles. The van der Waals surface area contributed by atoms with Crippen LogP contribution < -0.4 is 21.5 Å². The zero-order valence-electron chi connectivity index (χ0n) is 13.4. The van der Waals surface area contributed by atoms with Gasteiger partial charge >= 0.3 is 5.69 Å². The number of carbonyl (C=O) groups excluding carboxylic acids is 1. The molecule has 2 aromatic rings. The molecule has 3 rings (SSSR count). The van der Waals surface area contributed by atoms with E-state index in [9.17, 15) is 14.4 Å². The molecule has 1 saturated heterocycles. The fourth-order valence-electron chi connectivity index (χ4n) is 2.89. The Labute approximate surface area is 146 Å². The molecule has 24 heavy (non-hydrogen) atoms. The summed E-state index contributed by atoms with van der Waals surface area (Å²) in [6, 6.07) is 1.41. The number of nitrogens with one attached hydrogen (secondary N) is 2. The molecule has 1 fully saturated rings. The smallest absolute Gasteiger partial charge is 0.332 e. The Bertz CT molecular complexity index is 897. The number of carbonyl (C=O) groups is 1. The zero-order chi connectivity index (χ0) is 17.4. The third-order valence-corrected chi connectivity index (χ3v) is 4.94. The largest absolute Gasteiger partial charge is 0.366 e. The molecule has 0 radical (unpaired) electrons. The molecule has 0 spiro atoms. The number of hydrogen-bond acceptors (Lipinski definition) is 4. The van der Waals surface area contributed by atoms with E-state index < -0.39 is 0 Å². The van der Waals surface area contributed by atoms with Crippen LogP contribution in [-0.4, -0.2) is 39.2 Å². The van der Waals surface area contributed by atoms with Crippen molar-refractivity contribution in [3.63, 3.8) is 0 Å². The number of anilines is 1. The van der Waals surface area contributed by atoms with Crippen LogP contribution in [0.15, 0.2) is 32.5 Å². The first kappa shape index (κ1) is 16.6. The van der Waals surface area contributed by atoms with Crippen LogP contribution in [0.1, 0.15) is 16.8 Å². The van der Waals surface area contributed by atoms with Crippen molar-refractivity contribution in [3.05, 3.63) is 49.3 Å². The van der Waals surface area contributed by atoms with Gasteiger partial charge < -0.3 is 15.2 Å². The Morgan fingerprint density at radius 3 is 2.71 bits per heavy atom. The summed E-state index contributed by atoms with van der Waals surface area (Å²) in [4.78, 5) is 41.0. The molecular formula is C15H18BrN5O3. The maximum absolute atomic E-state index is 12.3. The van der Waals surface area contributed by atoms with Crippen molar-refractivity contribution in [2.75, 3.05) is 18.0 Å². The van der Waals surface area contributed by atoms with Crippen molar-refractivity contribution in [2.45, 2.75) is 12.5 Å². The van der Waals surface area contributed by atoms with Gasteiger partial charge in [0.1, 0.15) is 5.82 Å². The summed E-state index contributed by atoms with van der Waals surface area (Å²) in [5.41, 5.74) is -0.146.